The first-order valence-electron chi connectivity index (χ1n) is 10.4. The molecular formula is C21H34O6S. The Morgan fingerprint density at radius 3 is 2.29 bits per heavy atom. The molecule has 0 aliphatic heterocycles. The summed E-state index contributed by atoms with van der Waals surface area (Å²) in [5, 5.41) is 10.0. The predicted octanol–water partition coefficient (Wildman–Crippen LogP) is 3.72. The van der Waals surface area contributed by atoms with E-state index in [1.807, 2.05) is 6.92 Å². The van der Waals surface area contributed by atoms with E-state index in [2.05, 4.69) is 26.0 Å². The van der Waals surface area contributed by atoms with Crippen LogP contribution in [0.3, 0.4) is 0 Å². The normalized spacial score (nSPS) is 47.2. The summed E-state index contributed by atoms with van der Waals surface area (Å²) in [4.78, 5) is 12.2. The van der Waals surface area contributed by atoms with Crippen molar-refractivity contribution >= 4 is 16.2 Å². The number of aliphatic hydroxyl groups is 1. The van der Waals surface area contributed by atoms with E-state index in [0.29, 0.717) is 17.6 Å². The number of ketones is 1. The van der Waals surface area contributed by atoms with Crippen molar-refractivity contribution in [2.45, 2.75) is 71.8 Å². The first-order chi connectivity index (χ1) is 12.9. The van der Waals surface area contributed by atoms with Crippen molar-refractivity contribution in [3.63, 3.8) is 0 Å². The standard InChI is InChI=1S/C21H32O2.H2O4S/c1-13(22)17-6-7-18-16-5-4-14-12-15(23)8-10-20(14,2)19(16)9-11-21(17,18)3;1-5(2,3)4/h8,10,14-19,23H,4-7,9,11-12H2,1-3H3;(H2,1,2,3,4)/t14?,15-,16-,17+,18-,19-,20-,21+;/m0./s1. The van der Waals surface area contributed by atoms with E-state index in [-0.39, 0.29) is 16.9 Å². The van der Waals surface area contributed by atoms with Gasteiger partial charge >= 0.3 is 10.4 Å². The fourth-order valence-electron chi connectivity index (χ4n) is 7.46. The first-order valence-corrected chi connectivity index (χ1v) is 11.8. The average Bonchev–Trinajstić information content (AvgIpc) is 2.91. The molecular weight excluding hydrogens is 380 g/mol. The Morgan fingerprint density at radius 1 is 1.04 bits per heavy atom. The van der Waals surface area contributed by atoms with E-state index in [0.717, 1.165) is 30.6 Å². The minimum atomic E-state index is -4.67. The number of rotatable bonds is 1. The van der Waals surface area contributed by atoms with Crippen molar-refractivity contribution in [3.8, 4) is 0 Å². The number of fused-ring (bicyclic) bond motifs is 5. The van der Waals surface area contributed by atoms with E-state index in [4.69, 9.17) is 17.5 Å². The smallest absolute Gasteiger partial charge is 0.389 e. The lowest BCUT2D eigenvalue weighted by Crippen LogP contribution is -2.53. The highest BCUT2D eigenvalue weighted by molar-refractivity contribution is 7.79. The lowest BCUT2D eigenvalue weighted by Gasteiger charge is -2.59. The van der Waals surface area contributed by atoms with E-state index < -0.39 is 10.4 Å². The fraction of sp³-hybridized carbons (Fsp3) is 0.857. The molecule has 0 spiro atoms. The molecule has 28 heavy (non-hydrogen) atoms. The van der Waals surface area contributed by atoms with Crippen LogP contribution in [0.2, 0.25) is 0 Å². The van der Waals surface area contributed by atoms with Crippen LogP contribution in [0.15, 0.2) is 12.2 Å². The fourth-order valence-corrected chi connectivity index (χ4v) is 7.46. The Labute approximate surface area is 168 Å². The molecule has 0 bridgehead atoms. The maximum absolute atomic E-state index is 12.2. The van der Waals surface area contributed by atoms with E-state index in [9.17, 15) is 9.90 Å². The van der Waals surface area contributed by atoms with Gasteiger partial charge in [-0.1, -0.05) is 26.0 Å². The molecule has 8 atom stereocenters. The average molecular weight is 415 g/mol. The zero-order valence-corrected chi connectivity index (χ0v) is 17.9. The minimum absolute atomic E-state index is 0.230. The van der Waals surface area contributed by atoms with Gasteiger partial charge in [-0.25, -0.2) is 0 Å². The van der Waals surface area contributed by atoms with Crippen LogP contribution in [0.5, 0.6) is 0 Å². The Balaban J connectivity index is 0.000000403. The van der Waals surface area contributed by atoms with E-state index in [1.54, 1.807) is 0 Å². The number of aliphatic hydroxyl groups excluding tert-OH is 1. The zero-order valence-electron chi connectivity index (χ0n) is 17.0. The van der Waals surface area contributed by atoms with Crippen molar-refractivity contribution in [1.29, 1.82) is 0 Å². The third kappa shape index (κ3) is 3.95. The second-order valence-electron chi connectivity index (χ2n) is 9.91. The van der Waals surface area contributed by atoms with E-state index >= 15 is 0 Å². The van der Waals surface area contributed by atoms with Gasteiger partial charge in [0.15, 0.2) is 0 Å². The second-order valence-corrected chi connectivity index (χ2v) is 10.8. The van der Waals surface area contributed by atoms with Gasteiger partial charge in [-0.3, -0.25) is 13.9 Å². The highest BCUT2D eigenvalue weighted by Crippen LogP contribution is 2.66. The number of hydrogen-bond acceptors (Lipinski definition) is 4. The van der Waals surface area contributed by atoms with Crippen LogP contribution in [-0.4, -0.2) is 34.5 Å². The molecule has 7 heteroatoms. The first kappa shape index (κ1) is 21.9. The van der Waals surface area contributed by atoms with Crippen molar-refractivity contribution in [2.75, 3.05) is 0 Å². The highest BCUT2D eigenvalue weighted by Gasteiger charge is 2.60. The Bertz CT molecular complexity index is 738. The Hall–Kier alpha value is -0.760. The maximum Gasteiger partial charge on any atom is 0.394 e. The van der Waals surface area contributed by atoms with Gasteiger partial charge in [0.25, 0.3) is 0 Å². The lowest BCUT2D eigenvalue weighted by atomic mass is 9.46. The van der Waals surface area contributed by atoms with Crippen molar-refractivity contribution in [1.82, 2.24) is 0 Å². The molecule has 6 nitrogen and oxygen atoms in total. The summed E-state index contributed by atoms with van der Waals surface area (Å²) in [6.45, 7) is 6.69. The summed E-state index contributed by atoms with van der Waals surface area (Å²) < 4.78 is 31.6. The molecule has 1 unspecified atom stereocenters. The molecule has 3 fully saturated rings. The largest absolute Gasteiger partial charge is 0.394 e. The highest BCUT2D eigenvalue weighted by atomic mass is 32.3. The van der Waals surface area contributed by atoms with E-state index in [1.165, 1.54) is 32.1 Å². The summed E-state index contributed by atoms with van der Waals surface area (Å²) in [5.41, 5.74) is 0.534. The SMILES string of the molecule is CC(=O)[C@H]1CC[C@H]2[C@@H]3CCC4C[C@@H](O)C=C[C@]4(C)[C@H]3CC[C@]12C.O=S(=O)(O)O. The van der Waals surface area contributed by atoms with Gasteiger partial charge in [-0.2, -0.15) is 8.42 Å². The molecule has 3 saturated carbocycles. The van der Waals surface area contributed by atoms with Crippen LogP contribution in [0.1, 0.15) is 65.7 Å². The van der Waals surface area contributed by atoms with Crippen LogP contribution in [0, 0.1) is 40.4 Å². The summed E-state index contributed by atoms with van der Waals surface area (Å²) in [5.74, 6) is 3.68. The Morgan fingerprint density at radius 2 is 1.68 bits per heavy atom. The monoisotopic (exact) mass is 414 g/mol. The number of hydrogen-bond donors (Lipinski definition) is 3. The molecule has 0 aromatic carbocycles. The number of carbonyl (C=O) groups is 1. The van der Waals surface area contributed by atoms with Crippen LogP contribution in [-0.2, 0) is 15.2 Å². The molecule has 4 rings (SSSR count). The van der Waals surface area contributed by atoms with Gasteiger partial charge in [0, 0.05) is 5.92 Å². The van der Waals surface area contributed by atoms with Gasteiger partial charge in [0.05, 0.1) is 6.10 Å². The zero-order chi connectivity index (χ0) is 20.9. The third-order valence-electron chi connectivity index (χ3n) is 8.66. The molecule has 0 radical (unpaired) electrons. The number of allylic oxidation sites excluding steroid dienone is 1. The van der Waals surface area contributed by atoms with Crippen molar-refractivity contribution < 1.29 is 27.4 Å². The van der Waals surface area contributed by atoms with Crippen LogP contribution in [0.25, 0.3) is 0 Å². The third-order valence-corrected chi connectivity index (χ3v) is 8.66. The van der Waals surface area contributed by atoms with Crippen LogP contribution in [0.4, 0.5) is 0 Å². The number of carbonyl (C=O) groups excluding carboxylic acids is 1. The van der Waals surface area contributed by atoms with Crippen molar-refractivity contribution in [3.05, 3.63) is 12.2 Å². The summed E-state index contributed by atoms with van der Waals surface area (Å²) in [6, 6.07) is 0. The summed E-state index contributed by atoms with van der Waals surface area (Å²) in [6.07, 6.45) is 12.6. The topological polar surface area (TPSA) is 112 Å². The minimum Gasteiger partial charge on any atom is -0.389 e. The van der Waals surface area contributed by atoms with Gasteiger partial charge in [-0.05, 0) is 86.4 Å². The van der Waals surface area contributed by atoms with Gasteiger partial charge in [0.2, 0.25) is 0 Å². The van der Waals surface area contributed by atoms with Gasteiger partial charge < -0.3 is 5.11 Å². The molecule has 0 aromatic heterocycles. The molecule has 0 heterocycles. The maximum atomic E-state index is 12.2. The lowest BCUT2D eigenvalue weighted by molar-refractivity contribution is -0.129. The molecule has 4 aliphatic rings. The quantitative estimate of drug-likeness (QED) is 0.445. The van der Waals surface area contributed by atoms with Crippen molar-refractivity contribution in [2.24, 2.45) is 40.4 Å². The van der Waals surface area contributed by atoms with Gasteiger partial charge in [0.1, 0.15) is 5.78 Å². The summed E-state index contributed by atoms with van der Waals surface area (Å²) >= 11 is 0. The molecule has 160 valence electrons. The summed E-state index contributed by atoms with van der Waals surface area (Å²) in [7, 11) is -4.67. The predicted molar refractivity (Wildman–Crippen MR) is 106 cm³/mol. The molecule has 3 N–H and O–H groups in total. The second kappa shape index (κ2) is 7.49. The molecule has 0 saturated heterocycles. The molecule has 0 amide bonds. The van der Waals surface area contributed by atoms with Crippen LogP contribution >= 0.6 is 0 Å². The van der Waals surface area contributed by atoms with Gasteiger partial charge in [-0.15, -0.1) is 0 Å². The number of Topliss-reactive ketones (excluding diaryl/α,β-unsaturated/α-hetero) is 1. The molecule has 0 aromatic rings. The Kier molecular flexibility index (Phi) is 5.87. The van der Waals surface area contributed by atoms with Crippen LogP contribution < -0.4 is 0 Å². The molecule has 4 aliphatic carbocycles.